The molecule has 0 spiro atoms. The summed E-state index contributed by atoms with van der Waals surface area (Å²) in [7, 11) is 0. The second kappa shape index (κ2) is 9.74. The first kappa shape index (κ1) is 22.7. The van der Waals surface area contributed by atoms with Crippen molar-refractivity contribution in [3.8, 4) is 11.5 Å². The fourth-order valence-electron chi connectivity index (χ4n) is 2.27. The van der Waals surface area contributed by atoms with E-state index in [-0.39, 0.29) is 30.7 Å². The molecule has 3 heterocycles. The van der Waals surface area contributed by atoms with Crippen molar-refractivity contribution < 1.29 is 24.0 Å². The summed E-state index contributed by atoms with van der Waals surface area (Å²) in [4.78, 5) is 39.6. The minimum Gasteiger partial charge on any atom is -0.480 e. The third kappa shape index (κ3) is 6.19. The van der Waals surface area contributed by atoms with E-state index in [1.165, 1.54) is 6.92 Å². The molecule has 29 heavy (non-hydrogen) atoms. The van der Waals surface area contributed by atoms with Crippen LogP contribution >= 0.6 is 31.9 Å². The fourth-order valence-corrected chi connectivity index (χ4v) is 3.31. The van der Waals surface area contributed by atoms with Crippen molar-refractivity contribution in [2.24, 2.45) is 0 Å². The number of nitrogens with zero attached hydrogens (tertiary/aromatic N) is 3. The summed E-state index contributed by atoms with van der Waals surface area (Å²) >= 11 is 6.30. The number of anilines is 1. The number of aromatic nitrogens is 2. The van der Waals surface area contributed by atoms with Gasteiger partial charge in [0.2, 0.25) is 10.4 Å². The van der Waals surface area contributed by atoms with Crippen molar-refractivity contribution in [3.05, 3.63) is 42.6 Å². The lowest BCUT2D eigenvalue weighted by molar-refractivity contribution is -0.390. The second-order valence-electron chi connectivity index (χ2n) is 5.94. The first-order valence-corrected chi connectivity index (χ1v) is 9.70. The van der Waals surface area contributed by atoms with Gasteiger partial charge in [0.25, 0.3) is 5.91 Å². The first-order chi connectivity index (χ1) is 13.6. The zero-order valence-corrected chi connectivity index (χ0v) is 18.8. The zero-order valence-electron chi connectivity index (χ0n) is 15.6. The van der Waals surface area contributed by atoms with E-state index < -0.39 is 10.7 Å². The highest BCUT2D eigenvalue weighted by molar-refractivity contribution is 9.10. The molecule has 0 saturated heterocycles. The van der Waals surface area contributed by atoms with Crippen molar-refractivity contribution in [1.82, 2.24) is 9.97 Å². The van der Waals surface area contributed by atoms with Crippen molar-refractivity contribution in [3.63, 3.8) is 0 Å². The minimum atomic E-state index is -0.646. The Morgan fingerprint density at radius 2 is 1.90 bits per heavy atom. The van der Waals surface area contributed by atoms with Crippen LogP contribution in [0.15, 0.2) is 21.3 Å². The molecular formula is C17H16Br2N4O6. The summed E-state index contributed by atoms with van der Waals surface area (Å²) in [6.07, 6.45) is 0. The quantitative estimate of drug-likeness (QED) is 0.360. The van der Waals surface area contributed by atoms with Gasteiger partial charge in [-0.3, -0.25) is 9.59 Å². The average Bonchev–Trinajstić information content (AvgIpc) is 2.60. The number of amides is 1. The van der Waals surface area contributed by atoms with E-state index in [1.54, 1.807) is 13.0 Å². The van der Waals surface area contributed by atoms with Gasteiger partial charge in [-0.05, 0) is 58.2 Å². The van der Waals surface area contributed by atoms with E-state index in [4.69, 9.17) is 9.47 Å². The van der Waals surface area contributed by atoms with Crippen molar-refractivity contribution in [1.29, 1.82) is 0 Å². The molecule has 12 heteroatoms. The number of ether oxygens (including phenoxy) is 2. The molecule has 1 aliphatic heterocycles. The van der Waals surface area contributed by atoms with Crippen molar-refractivity contribution in [2.45, 2.75) is 20.8 Å². The molecule has 1 N–H and O–H groups in total. The lowest BCUT2D eigenvalue weighted by Gasteiger charge is -2.18. The Kier molecular flexibility index (Phi) is 7.62. The number of aryl methyl sites for hydroxylation is 2. The van der Waals surface area contributed by atoms with E-state index in [1.807, 2.05) is 13.0 Å². The monoisotopic (exact) mass is 530 g/mol. The molecule has 2 aromatic rings. The van der Waals surface area contributed by atoms with Gasteiger partial charge in [0, 0.05) is 27.6 Å². The molecule has 2 aromatic heterocycles. The topological polar surface area (TPSA) is 134 Å². The number of fused-ring (bicyclic) bond motifs is 1. The molecular weight excluding hydrogens is 516 g/mol. The van der Waals surface area contributed by atoms with Gasteiger partial charge in [-0.1, -0.05) is 0 Å². The molecule has 3 rings (SSSR count). The number of ketones is 1. The molecule has 0 fully saturated rings. The van der Waals surface area contributed by atoms with Gasteiger partial charge in [-0.15, -0.1) is 0 Å². The maximum absolute atomic E-state index is 11.0. The Morgan fingerprint density at radius 1 is 1.28 bits per heavy atom. The summed E-state index contributed by atoms with van der Waals surface area (Å²) in [6.45, 7) is 4.76. The molecule has 0 bridgehead atoms. The number of halogens is 2. The highest BCUT2D eigenvalue weighted by Gasteiger charge is 2.22. The van der Waals surface area contributed by atoms with Crippen LogP contribution in [-0.4, -0.2) is 39.8 Å². The maximum Gasteiger partial charge on any atom is 0.407 e. The number of nitrogens with one attached hydrogen (secondary N) is 1. The van der Waals surface area contributed by atoms with Crippen LogP contribution in [0.1, 0.15) is 18.1 Å². The van der Waals surface area contributed by atoms with Crippen molar-refractivity contribution >= 4 is 55.2 Å². The molecule has 0 aliphatic carbocycles. The molecule has 0 radical (unpaired) electrons. The largest absolute Gasteiger partial charge is 0.480 e. The molecule has 1 aliphatic rings. The maximum atomic E-state index is 11.0. The van der Waals surface area contributed by atoms with Crippen LogP contribution in [0, 0.1) is 24.0 Å². The van der Waals surface area contributed by atoms with E-state index in [9.17, 15) is 19.7 Å². The Morgan fingerprint density at radius 3 is 2.52 bits per heavy atom. The Bertz CT molecular complexity index is 983. The summed E-state index contributed by atoms with van der Waals surface area (Å²) in [5.74, 6) is 0.400. The predicted octanol–water partition coefficient (Wildman–Crippen LogP) is 3.51. The van der Waals surface area contributed by atoms with Crippen molar-refractivity contribution in [2.75, 3.05) is 18.5 Å². The van der Waals surface area contributed by atoms with Gasteiger partial charge in [-0.25, -0.2) is 4.98 Å². The second-order valence-corrected chi connectivity index (χ2v) is 7.56. The normalized spacial score (nSPS) is 12.0. The Hall–Kier alpha value is -2.60. The van der Waals surface area contributed by atoms with Gasteiger partial charge in [0.15, 0.2) is 24.0 Å². The van der Waals surface area contributed by atoms with Gasteiger partial charge in [-0.2, -0.15) is 0 Å². The minimum absolute atomic E-state index is 0.0309. The van der Waals surface area contributed by atoms with Gasteiger partial charge in [0.1, 0.15) is 11.2 Å². The third-order valence-electron chi connectivity index (χ3n) is 3.44. The zero-order chi connectivity index (χ0) is 21.7. The smallest absolute Gasteiger partial charge is 0.407 e. The SMILES string of the molecule is CC(=O)COc1c(C)cc(Br)nc1[N+](=O)[O-].Cc1cc(Br)nc2c1OCC(=O)N2. The van der Waals surface area contributed by atoms with E-state index >= 15 is 0 Å². The van der Waals surface area contributed by atoms with Crippen LogP contribution < -0.4 is 14.8 Å². The average molecular weight is 532 g/mol. The van der Waals surface area contributed by atoms with E-state index in [0.29, 0.717) is 26.3 Å². The summed E-state index contributed by atoms with van der Waals surface area (Å²) in [5.41, 5.74) is 1.51. The number of nitro groups is 1. The van der Waals surface area contributed by atoms with E-state index in [2.05, 4.69) is 47.1 Å². The number of carbonyl (C=O) groups excluding carboxylic acids is 2. The number of rotatable bonds is 4. The van der Waals surface area contributed by atoms with Crippen LogP contribution in [0.5, 0.6) is 11.5 Å². The summed E-state index contributed by atoms with van der Waals surface area (Å²) in [6, 6.07) is 3.43. The molecule has 0 saturated carbocycles. The number of hydrogen-bond donors (Lipinski definition) is 1. The van der Waals surface area contributed by atoms with Crippen LogP contribution in [0.2, 0.25) is 0 Å². The standard InChI is InChI=1S/C9H9BrN2O4.C8H7BrN2O2/c1-5-3-7(10)11-9(12(14)15)8(5)16-4-6(2)13;1-4-2-5(9)10-8-7(4)13-3-6(12)11-8/h3H,4H2,1-2H3;2H,3H2,1H3,(H,10,11,12). The van der Waals surface area contributed by atoms with Crippen LogP contribution in [0.25, 0.3) is 0 Å². The predicted molar refractivity (Wildman–Crippen MR) is 110 cm³/mol. The third-order valence-corrected chi connectivity index (χ3v) is 4.25. The number of pyridine rings is 2. The lowest BCUT2D eigenvalue weighted by Crippen LogP contribution is -2.26. The number of carbonyl (C=O) groups is 2. The van der Waals surface area contributed by atoms with Crippen LogP contribution in [0.4, 0.5) is 11.6 Å². The van der Waals surface area contributed by atoms with Crippen LogP contribution in [0.3, 0.4) is 0 Å². The summed E-state index contributed by atoms with van der Waals surface area (Å²) in [5, 5.41) is 13.4. The fraction of sp³-hybridized carbons (Fsp3) is 0.294. The van der Waals surface area contributed by atoms with Gasteiger partial charge < -0.3 is 24.9 Å². The van der Waals surface area contributed by atoms with Gasteiger partial charge >= 0.3 is 5.82 Å². The molecule has 154 valence electrons. The van der Waals surface area contributed by atoms with E-state index in [0.717, 1.165) is 5.56 Å². The molecule has 10 nitrogen and oxygen atoms in total. The highest BCUT2D eigenvalue weighted by Crippen LogP contribution is 2.32. The number of hydrogen-bond acceptors (Lipinski definition) is 8. The number of Topliss-reactive ketones (excluding diaryl/α,β-unsaturated/α-hetero) is 1. The lowest BCUT2D eigenvalue weighted by atomic mass is 10.2. The Labute approximate surface area is 182 Å². The Balaban J connectivity index is 0.000000211. The highest BCUT2D eigenvalue weighted by atomic mass is 79.9. The first-order valence-electron chi connectivity index (χ1n) is 8.12. The molecule has 0 atom stereocenters. The summed E-state index contributed by atoms with van der Waals surface area (Å²) < 4.78 is 11.3. The molecule has 1 amide bonds. The van der Waals surface area contributed by atoms with Crippen LogP contribution in [-0.2, 0) is 9.59 Å². The molecule has 0 aromatic carbocycles. The molecule has 0 unspecified atom stereocenters. The van der Waals surface area contributed by atoms with Gasteiger partial charge in [0.05, 0.1) is 0 Å².